The van der Waals surface area contributed by atoms with Gasteiger partial charge in [-0.15, -0.1) is 0 Å². The zero-order chi connectivity index (χ0) is 15.0. The molecule has 1 atom stereocenters. The molecule has 5 heteroatoms. The fourth-order valence-electron chi connectivity index (χ4n) is 1.88. The van der Waals surface area contributed by atoms with Crippen LogP contribution in [0.4, 0.5) is 0 Å². The van der Waals surface area contributed by atoms with Gasteiger partial charge < -0.3 is 16.2 Å². The highest BCUT2D eigenvalue weighted by atomic mass is 16.4. The first-order chi connectivity index (χ1) is 9.44. The Bertz CT molecular complexity index is 444. The number of hydrogen-bond donors (Lipinski definition) is 3. The highest BCUT2D eigenvalue weighted by Crippen LogP contribution is 2.17. The van der Waals surface area contributed by atoms with Crippen molar-refractivity contribution in [1.82, 2.24) is 5.32 Å². The lowest BCUT2D eigenvalue weighted by molar-refractivity contribution is -0.137. The maximum Gasteiger partial charge on any atom is 0.303 e. The van der Waals surface area contributed by atoms with Gasteiger partial charge in [0.25, 0.3) is 0 Å². The molecule has 1 aromatic carbocycles. The van der Waals surface area contributed by atoms with Crippen molar-refractivity contribution in [3.63, 3.8) is 0 Å². The van der Waals surface area contributed by atoms with E-state index in [2.05, 4.69) is 5.32 Å². The Morgan fingerprint density at radius 3 is 2.45 bits per heavy atom. The topological polar surface area (TPSA) is 92.4 Å². The Morgan fingerprint density at radius 1 is 1.20 bits per heavy atom. The standard InChI is InChI=1S/C15H22N2O3/c1-15(16,12-8-4-2-5-9-12)14(20)17-11-7-3-6-10-13(18)19/h2,4-5,8-9H,3,6-7,10-11,16H2,1H3,(H,17,20)(H,18,19). The highest BCUT2D eigenvalue weighted by Gasteiger charge is 2.29. The fraction of sp³-hybridized carbons (Fsp3) is 0.467. The number of carboxylic acid groups (broad SMARTS) is 1. The first-order valence-electron chi connectivity index (χ1n) is 6.79. The van der Waals surface area contributed by atoms with E-state index in [1.807, 2.05) is 30.3 Å². The highest BCUT2D eigenvalue weighted by molar-refractivity contribution is 5.86. The van der Waals surface area contributed by atoms with Crippen LogP contribution in [-0.2, 0) is 15.1 Å². The van der Waals surface area contributed by atoms with E-state index >= 15 is 0 Å². The van der Waals surface area contributed by atoms with Crippen LogP contribution < -0.4 is 11.1 Å². The summed E-state index contributed by atoms with van der Waals surface area (Å²) in [7, 11) is 0. The summed E-state index contributed by atoms with van der Waals surface area (Å²) in [4.78, 5) is 22.4. The lowest BCUT2D eigenvalue weighted by atomic mass is 9.92. The van der Waals surface area contributed by atoms with Crippen molar-refractivity contribution in [3.8, 4) is 0 Å². The van der Waals surface area contributed by atoms with Gasteiger partial charge in [-0.05, 0) is 25.3 Å². The number of carbonyl (C=O) groups excluding carboxylic acids is 1. The summed E-state index contributed by atoms with van der Waals surface area (Å²) in [5.74, 6) is -1.01. The van der Waals surface area contributed by atoms with Crippen LogP contribution in [-0.4, -0.2) is 23.5 Å². The average Bonchev–Trinajstić information content (AvgIpc) is 2.43. The number of carbonyl (C=O) groups is 2. The van der Waals surface area contributed by atoms with Crippen molar-refractivity contribution in [2.75, 3.05) is 6.54 Å². The van der Waals surface area contributed by atoms with Crippen LogP contribution in [0.1, 0.15) is 38.2 Å². The molecule has 1 rings (SSSR count). The largest absolute Gasteiger partial charge is 0.481 e. The van der Waals surface area contributed by atoms with E-state index in [4.69, 9.17) is 10.8 Å². The van der Waals surface area contributed by atoms with Gasteiger partial charge in [0.2, 0.25) is 5.91 Å². The molecule has 0 bridgehead atoms. The Hall–Kier alpha value is -1.88. The molecule has 0 saturated heterocycles. The van der Waals surface area contributed by atoms with Gasteiger partial charge in [-0.25, -0.2) is 0 Å². The summed E-state index contributed by atoms with van der Waals surface area (Å²) >= 11 is 0. The Balaban J connectivity index is 2.33. The molecular weight excluding hydrogens is 256 g/mol. The van der Waals surface area contributed by atoms with Crippen molar-refractivity contribution >= 4 is 11.9 Å². The number of benzene rings is 1. The molecule has 0 aliphatic rings. The summed E-state index contributed by atoms with van der Waals surface area (Å²) in [6.45, 7) is 2.19. The maximum absolute atomic E-state index is 12.1. The first-order valence-corrected chi connectivity index (χ1v) is 6.79. The van der Waals surface area contributed by atoms with Crippen molar-refractivity contribution < 1.29 is 14.7 Å². The van der Waals surface area contributed by atoms with Crippen LogP contribution in [0.5, 0.6) is 0 Å². The SMILES string of the molecule is CC(N)(C(=O)NCCCCCC(=O)O)c1ccccc1. The number of unbranched alkanes of at least 4 members (excludes halogenated alkanes) is 2. The van der Waals surface area contributed by atoms with Gasteiger partial charge in [-0.1, -0.05) is 36.8 Å². The van der Waals surface area contributed by atoms with Crippen LogP contribution in [0, 0.1) is 0 Å². The van der Waals surface area contributed by atoms with Crippen LogP contribution >= 0.6 is 0 Å². The van der Waals surface area contributed by atoms with Gasteiger partial charge in [-0.3, -0.25) is 9.59 Å². The van der Waals surface area contributed by atoms with Crippen molar-refractivity contribution in [2.45, 2.75) is 38.1 Å². The zero-order valence-electron chi connectivity index (χ0n) is 11.8. The van der Waals surface area contributed by atoms with Crippen LogP contribution in [0.15, 0.2) is 30.3 Å². The van der Waals surface area contributed by atoms with Gasteiger partial charge in [0, 0.05) is 13.0 Å². The maximum atomic E-state index is 12.1. The lowest BCUT2D eigenvalue weighted by Gasteiger charge is -2.24. The minimum absolute atomic E-state index is 0.173. The van der Waals surface area contributed by atoms with E-state index in [-0.39, 0.29) is 12.3 Å². The second-order valence-corrected chi connectivity index (χ2v) is 5.03. The number of carboxylic acids is 1. The second kappa shape index (κ2) is 7.65. The molecule has 1 amide bonds. The normalized spacial score (nSPS) is 13.5. The molecule has 0 aliphatic carbocycles. The Labute approximate surface area is 119 Å². The van der Waals surface area contributed by atoms with Crippen molar-refractivity contribution in [2.24, 2.45) is 5.73 Å². The predicted octanol–water partition coefficient (Wildman–Crippen LogP) is 1.62. The third-order valence-electron chi connectivity index (χ3n) is 3.20. The lowest BCUT2D eigenvalue weighted by Crippen LogP contribution is -2.49. The quantitative estimate of drug-likeness (QED) is 0.630. The van der Waals surface area contributed by atoms with Gasteiger partial charge >= 0.3 is 5.97 Å². The van der Waals surface area contributed by atoms with E-state index in [1.165, 1.54) is 0 Å². The molecule has 20 heavy (non-hydrogen) atoms. The van der Waals surface area contributed by atoms with Gasteiger partial charge in [0.15, 0.2) is 0 Å². The molecule has 5 nitrogen and oxygen atoms in total. The number of aliphatic carboxylic acids is 1. The third-order valence-corrected chi connectivity index (χ3v) is 3.20. The molecule has 4 N–H and O–H groups in total. The minimum atomic E-state index is -1.05. The molecule has 0 fully saturated rings. The molecule has 1 unspecified atom stereocenters. The summed E-state index contributed by atoms with van der Waals surface area (Å²) in [5.41, 5.74) is 5.79. The van der Waals surface area contributed by atoms with E-state index < -0.39 is 11.5 Å². The molecule has 110 valence electrons. The van der Waals surface area contributed by atoms with Gasteiger partial charge in [-0.2, -0.15) is 0 Å². The third kappa shape index (κ3) is 5.01. The van der Waals surface area contributed by atoms with E-state index in [1.54, 1.807) is 6.92 Å². The van der Waals surface area contributed by atoms with Gasteiger partial charge in [0.05, 0.1) is 0 Å². The molecule has 0 aromatic heterocycles. The average molecular weight is 278 g/mol. The molecule has 0 aliphatic heterocycles. The van der Waals surface area contributed by atoms with Crippen LogP contribution in [0.3, 0.4) is 0 Å². The fourth-order valence-corrected chi connectivity index (χ4v) is 1.88. The number of nitrogens with one attached hydrogen (secondary N) is 1. The monoisotopic (exact) mass is 278 g/mol. The Morgan fingerprint density at radius 2 is 1.85 bits per heavy atom. The van der Waals surface area contributed by atoms with E-state index in [0.29, 0.717) is 13.0 Å². The number of nitrogens with two attached hydrogens (primary N) is 1. The van der Waals surface area contributed by atoms with E-state index in [0.717, 1.165) is 18.4 Å². The second-order valence-electron chi connectivity index (χ2n) is 5.03. The van der Waals surface area contributed by atoms with Gasteiger partial charge in [0.1, 0.15) is 5.54 Å². The molecule has 0 spiro atoms. The minimum Gasteiger partial charge on any atom is -0.481 e. The first kappa shape index (κ1) is 16.2. The van der Waals surface area contributed by atoms with Crippen LogP contribution in [0.25, 0.3) is 0 Å². The summed E-state index contributed by atoms with van der Waals surface area (Å²) in [6, 6.07) is 9.22. The smallest absolute Gasteiger partial charge is 0.303 e. The van der Waals surface area contributed by atoms with E-state index in [9.17, 15) is 9.59 Å². The Kier molecular flexibility index (Phi) is 6.18. The van der Waals surface area contributed by atoms with Crippen LogP contribution in [0.2, 0.25) is 0 Å². The molecule has 0 saturated carbocycles. The number of hydrogen-bond acceptors (Lipinski definition) is 3. The molecule has 1 aromatic rings. The summed E-state index contributed by atoms with van der Waals surface area (Å²) in [6.07, 6.45) is 2.33. The number of rotatable bonds is 8. The zero-order valence-corrected chi connectivity index (χ0v) is 11.8. The summed E-state index contributed by atoms with van der Waals surface area (Å²) < 4.78 is 0. The molecular formula is C15H22N2O3. The van der Waals surface area contributed by atoms with Crippen molar-refractivity contribution in [1.29, 1.82) is 0 Å². The molecule has 0 heterocycles. The number of amides is 1. The predicted molar refractivity (Wildman–Crippen MR) is 77.1 cm³/mol. The molecule has 0 radical (unpaired) electrons. The summed E-state index contributed by atoms with van der Waals surface area (Å²) in [5, 5.41) is 11.3. The van der Waals surface area contributed by atoms with Crippen molar-refractivity contribution in [3.05, 3.63) is 35.9 Å².